The summed E-state index contributed by atoms with van der Waals surface area (Å²) in [5.74, 6) is 2.03. The minimum absolute atomic E-state index is 0.171. The molecule has 0 unspecified atom stereocenters. The van der Waals surface area contributed by atoms with E-state index in [0.29, 0.717) is 24.0 Å². The number of urea groups is 1. The number of allylic oxidation sites excluding steroid dienone is 1. The van der Waals surface area contributed by atoms with E-state index >= 15 is 0 Å². The fraction of sp³-hybridized carbons (Fsp3) is 0.500. The first-order valence-corrected chi connectivity index (χ1v) is 18.4. The maximum absolute atomic E-state index is 13.6. The van der Waals surface area contributed by atoms with Gasteiger partial charge < -0.3 is 30.6 Å². The van der Waals surface area contributed by atoms with Crippen molar-refractivity contribution in [3.63, 3.8) is 0 Å². The van der Waals surface area contributed by atoms with Crippen molar-refractivity contribution in [1.82, 2.24) is 39.9 Å². The normalized spacial score (nSPS) is 21.1. The van der Waals surface area contributed by atoms with Crippen LogP contribution in [0.15, 0.2) is 66.9 Å². The van der Waals surface area contributed by atoms with Crippen LogP contribution in [0.3, 0.4) is 0 Å². The van der Waals surface area contributed by atoms with Crippen LogP contribution in [0.1, 0.15) is 89.5 Å². The number of carbonyl (C=O) groups excluding carboxylic acids is 1. The molecule has 13 nitrogen and oxygen atoms in total. The van der Waals surface area contributed by atoms with Gasteiger partial charge in [-0.3, -0.25) is 14.4 Å². The molecule has 0 saturated carbocycles. The second kappa shape index (κ2) is 14.7. The molecule has 51 heavy (non-hydrogen) atoms. The zero-order chi connectivity index (χ0) is 35.5. The number of likely N-dealkylation sites (tertiary alicyclic amines) is 1. The van der Waals surface area contributed by atoms with Gasteiger partial charge in [-0.1, -0.05) is 45.0 Å². The van der Waals surface area contributed by atoms with E-state index in [1.54, 1.807) is 12.3 Å². The van der Waals surface area contributed by atoms with Crippen molar-refractivity contribution in [1.29, 1.82) is 5.41 Å². The summed E-state index contributed by atoms with van der Waals surface area (Å²) in [6, 6.07) is 11.9. The van der Waals surface area contributed by atoms with Crippen LogP contribution in [0, 0.1) is 10.8 Å². The molecule has 2 fully saturated rings. The predicted molar refractivity (Wildman–Crippen MR) is 199 cm³/mol. The van der Waals surface area contributed by atoms with Crippen LogP contribution in [0.25, 0.3) is 5.65 Å². The lowest BCUT2D eigenvalue weighted by atomic mass is 9.85. The molecule has 0 radical (unpaired) electrons. The van der Waals surface area contributed by atoms with Gasteiger partial charge in [0.25, 0.3) is 0 Å². The van der Waals surface area contributed by atoms with Crippen LogP contribution in [0.4, 0.5) is 16.4 Å². The van der Waals surface area contributed by atoms with Gasteiger partial charge in [0, 0.05) is 42.5 Å². The predicted octanol–water partition coefficient (Wildman–Crippen LogP) is 6.28. The van der Waals surface area contributed by atoms with Crippen LogP contribution in [-0.2, 0) is 6.54 Å². The second-order valence-corrected chi connectivity index (χ2v) is 15.1. The minimum Gasteiger partial charge on any atom is -0.484 e. The fourth-order valence-electron chi connectivity index (χ4n) is 7.04. The number of aromatic nitrogens is 5. The van der Waals surface area contributed by atoms with Crippen LogP contribution in [-0.4, -0.2) is 73.2 Å². The molecule has 1 aliphatic carbocycles. The number of nitrogens with zero attached hydrogens (tertiary/aromatic N) is 7. The van der Waals surface area contributed by atoms with E-state index < -0.39 is 5.41 Å². The Hall–Kier alpha value is -4.91. The first-order valence-electron chi connectivity index (χ1n) is 18.4. The topological polar surface area (TPSA) is 141 Å². The third kappa shape index (κ3) is 8.03. The van der Waals surface area contributed by atoms with Crippen molar-refractivity contribution in [2.24, 2.45) is 5.41 Å². The number of hydrogen-bond acceptors (Lipinski definition) is 9. The lowest BCUT2D eigenvalue weighted by Crippen LogP contribution is -2.41. The average molecular weight is 694 g/mol. The number of benzene rings is 1. The molecule has 2 saturated heterocycles. The average Bonchev–Trinajstić information content (AvgIpc) is 3.71. The Labute approximate surface area is 299 Å². The van der Waals surface area contributed by atoms with Gasteiger partial charge in [0.05, 0.1) is 30.7 Å². The monoisotopic (exact) mass is 693 g/mol. The smallest absolute Gasteiger partial charge is 0.320 e. The summed E-state index contributed by atoms with van der Waals surface area (Å²) in [6.45, 7) is 13.2. The van der Waals surface area contributed by atoms with Crippen LogP contribution in [0.2, 0.25) is 0 Å². The van der Waals surface area contributed by atoms with E-state index in [2.05, 4.69) is 60.1 Å². The van der Waals surface area contributed by atoms with Crippen molar-refractivity contribution >= 4 is 29.0 Å². The van der Waals surface area contributed by atoms with Crippen molar-refractivity contribution < 1.29 is 9.53 Å². The molecule has 2 aliphatic heterocycles. The summed E-state index contributed by atoms with van der Waals surface area (Å²) in [7, 11) is 0. The first kappa shape index (κ1) is 34.5. The van der Waals surface area contributed by atoms with Gasteiger partial charge in [0.2, 0.25) is 5.95 Å². The highest BCUT2D eigenvalue weighted by atomic mass is 16.5. The van der Waals surface area contributed by atoms with Gasteiger partial charge in [-0.2, -0.15) is 5.10 Å². The molecule has 4 N–H and O–H groups in total. The second-order valence-electron chi connectivity index (χ2n) is 15.1. The molecule has 4 aromatic rings. The maximum Gasteiger partial charge on any atom is 0.320 e. The molecule has 13 heteroatoms. The van der Waals surface area contributed by atoms with Gasteiger partial charge in [-0.05, 0) is 81.8 Å². The van der Waals surface area contributed by atoms with Crippen molar-refractivity contribution in [3.05, 3.63) is 78.0 Å². The number of anilines is 2. The van der Waals surface area contributed by atoms with Crippen molar-refractivity contribution in [3.8, 4) is 5.75 Å². The van der Waals surface area contributed by atoms with Crippen LogP contribution >= 0.6 is 0 Å². The minimum atomic E-state index is -0.393. The number of fused-ring (bicyclic) bond motifs is 2. The fourth-order valence-corrected chi connectivity index (χ4v) is 7.04. The molecule has 3 aromatic heterocycles. The van der Waals surface area contributed by atoms with E-state index in [-0.39, 0.29) is 18.2 Å². The largest absolute Gasteiger partial charge is 0.484 e. The Morgan fingerprint density at radius 2 is 1.80 bits per heavy atom. The highest BCUT2D eigenvalue weighted by molar-refractivity contribution is 5.97. The van der Waals surface area contributed by atoms with E-state index in [4.69, 9.17) is 10.1 Å². The van der Waals surface area contributed by atoms with Crippen molar-refractivity contribution in [2.45, 2.75) is 91.0 Å². The lowest BCUT2D eigenvalue weighted by Gasteiger charge is -2.33. The number of nitrogens with one attached hydrogen (secondary N) is 4. The zero-order valence-electron chi connectivity index (χ0n) is 30.2. The number of hydrogen-bond donors (Lipinski definition) is 4. The van der Waals surface area contributed by atoms with Gasteiger partial charge in [0.1, 0.15) is 17.7 Å². The van der Waals surface area contributed by atoms with E-state index in [0.717, 1.165) is 86.1 Å². The van der Waals surface area contributed by atoms with E-state index in [9.17, 15) is 4.79 Å². The number of ether oxygens (including phenoxy) is 1. The molecule has 3 atom stereocenters. The molecular formula is C38H51N11O2. The highest BCUT2D eigenvalue weighted by Gasteiger charge is 2.30. The summed E-state index contributed by atoms with van der Waals surface area (Å²) < 4.78 is 10.6. The Kier molecular flexibility index (Phi) is 9.99. The molecule has 270 valence electrons. The number of carbonyl (C=O) groups is 1. The Bertz CT molecular complexity index is 1890. The van der Waals surface area contributed by atoms with Crippen molar-refractivity contribution in [2.75, 3.05) is 36.4 Å². The molecule has 5 heterocycles. The maximum atomic E-state index is 13.6. The van der Waals surface area contributed by atoms with Crippen LogP contribution < -0.4 is 25.6 Å². The summed E-state index contributed by atoms with van der Waals surface area (Å²) in [5, 5.41) is 31.6. The third-order valence-electron chi connectivity index (χ3n) is 10.3. The molecule has 3 aliphatic rings. The molecule has 1 aromatic carbocycles. The number of pyridine rings is 1. The lowest BCUT2D eigenvalue weighted by molar-refractivity contribution is 0.171. The standard InChI is InChI=1S/C38H51N11O2/c1-26-10-7-8-19-48(26)37-45-44-35-16-13-28(25-49(35)37)51-32-15-14-31(29-11-5-6-12-30(29)32)42-36(50)43-34(22-33(39)38(2,3)4)41-27-23-40-47(24-27)21-20-46-17-9-18-46/h5-6,11-13,16,22-26,31-32,39,41H,7-10,14-15,17-21H2,1-4H3,(H2,42,43,50)/b34-22+,39-33?/t26-,31-,32+/m0/s1. The molecule has 0 bridgehead atoms. The number of piperidine rings is 1. The summed E-state index contributed by atoms with van der Waals surface area (Å²) in [5.41, 5.74) is 3.62. The Morgan fingerprint density at radius 3 is 2.57 bits per heavy atom. The first-order chi connectivity index (χ1) is 24.6. The van der Waals surface area contributed by atoms with Crippen LogP contribution in [0.5, 0.6) is 5.75 Å². The SMILES string of the molecule is C[C@H]1CCCCN1c1nnc2ccc(O[C@@H]3CC[C@H](NC(=O)N/C(=C/C(=N)C(C)(C)C)Nc4cnn(CCN5CCC5)c4)c4ccccc43)cn12. The van der Waals surface area contributed by atoms with Gasteiger partial charge in [0.15, 0.2) is 5.65 Å². The number of amides is 2. The Balaban J connectivity index is 1.03. The zero-order valence-corrected chi connectivity index (χ0v) is 30.2. The quantitative estimate of drug-likeness (QED) is 0.135. The molecule has 0 spiro atoms. The Morgan fingerprint density at radius 1 is 0.980 bits per heavy atom. The van der Waals surface area contributed by atoms with E-state index in [1.807, 2.05) is 66.5 Å². The highest BCUT2D eigenvalue weighted by Crippen LogP contribution is 2.39. The summed E-state index contributed by atoms with van der Waals surface area (Å²) >= 11 is 0. The molecule has 2 amide bonds. The van der Waals surface area contributed by atoms with Gasteiger partial charge in [-0.25, -0.2) is 4.79 Å². The number of rotatable bonds is 11. The third-order valence-corrected chi connectivity index (χ3v) is 10.3. The van der Waals surface area contributed by atoms with Gasteiger partial charge >= 0.3 is 6.03 Å². The summed E-state index contributed by atoms with van der Waals surface area (Å²) in [6.07, 6.45) is 13.4. The van der Waals surface area contributed by atoms with E-state index in [1.165, 1.54) is 12.8 Å². The molecule has 7 rings (SSSR count). The van der Waals surface area contributed by atoms with Gasteiger partial charge in [-0.15, -0.1) is 10.2 Å². The molecular weight excluding hydrogens is 642 g/mol. The summed E-state index contributed by atoms with van der Waals surface area (Å²) in [4.78, 5) is 18.3.